The molecular weight excluding hydrogens is 388 g/mol. The van der Waals surface area contributed by atoms with Crippen molar-refractivity contribution in [3.05, 3.63) is 46.2 Å². The highest BCUT2D eigenvalue weighted by atomic mass is 35.5. The van der Waals surface area contributed by atoms with Gasteiger partial charge in [0.15, 0.2) is 0 Å². The van der Waals surface area contributed by atoms with Gasteiger partial charge < -0.3 is 9.84 Å². The van der Waals surface area contributed by atoms with Crippen molar-refractivity contribution >= 4 is 11.6 Å². The van der Waals surface area contributed by atoms with E-state index in [2.05, 4.69) is 34.3 Å². The van der Waals surface area contributed by atoms with Crippen molar-refractivity contribution in [2.75, 3.05) is 19.8 Å². The van der Waals surface area contributed by atoms with Crippen molar-refractivity contribution in [3.8, 4) is 0 Å². The molecule has 3 aliphatic rings. The van der Waals surface area contributed by atoms with Crippen LogP contribution in [0.3, 0.4) is 0 Å². The molecule has 5 rings (SSSR count). The van der Waals surface area contributed by atoms with E-state index in [4.69, 9.17) is 16.3 Å². The summed E-state index contributed by atoms with van der Waals surface area (Å²) in [6.45, 7) is 5.81. The van der Waals surface area contributed by atoms with Crippen LogP contribution in [0.4, 0.5) is 0 Å². The average molecular weight is 417 g/mol. The van der Waals surface area contributed by atoms with Gasteiger partial charge >= 0.3 is 0 Å². The molecule has 1 saturated heterocycles. The molecule has 2 aromatic rings. The second-order valence-corrected chi connectivity index (χ2v) is 9.67. The molecule has 1 aliphatic carbocycles. The number of halogens is 1. The third-order valence-corrected chi connectivity index (χ3v) is 7.34. The minimum Gasteiger partial charge on any atom is -0.396 e. The highest BCUT2D eigenvalue weighted by molar-refractivity contribution is 6.30. The Balaban J connectivity index is 1.27. The van der Waals surface area contributed by atoms with E-state index in [9.17, 15) is 5.11 Å². The molecule has 2 aliphatic heterocycles. The van der Waals surface area contributed by atoms with E-state index in [-0.39, 0.29) is 17.6 Å². The zero-order chi connectivity index (χ0) is 20.1. The molecule has 0 radical (unpaired) electrons. The van der Waals surface area contributed by atoms with Crippen LogP contribution in [-0.4, -0.2) is 50.8 Å². The number of nitrogens with zero attached hydrogens (tertiary/aromatic N) is 4. The molecule has 0 amide bonds. The van der Waals surface area contributed by atoms with E-state index in [1.165, 1.54) is 11.1 Å². The summed E-state index contributed by atoms with van der Waals surface area (Å²) in [6.07, 6.45) is 7.09. The van der Waals surface area contributed by atoms with Crippen LogP contribution < -0.4 is 0 Å². The minimum atomic E-state index is -0.217. The topological polar surface area (TPSA) is 63.4 Å². The maximum Gasteiger partial charge on any atom is 0.0967 e. The summed E-state index contributed by atoms with van der Waals surface area (Å²) in [5.41, 5.74) is 3.48. The molecule has 1 N–H and O–H groups in total. The van der Waals surface area contributed by atoms with E-state index in [0.29, 0.717) is 6.04 Å². The summed E-state index contributed by atoms with van der Waals surface area (Å²) < 4.78 is 8.29. The molecular formula is C22H29ClN4O2. The lowest BCUT2D eigenvalue weighted by molar-refractivity contribution is -0.113. The van der Waals surface area contributed by atoms with Crippen LogP contribution in [-0.2, 0) is 29.8 Å². The number of rotatable bonds is 5. The second kappa shape index (κ2) is 7.34. The van der Waals surface area contributed by atoms with Crippen molar-refractivity contribution in [2.45, 2.75) is 63.8 Å². The van der Waals surface area contributed by atoms with Crippen LogP contribution in [0.1, 0.15) is 49.4 Å². The van der Waals surface area contributed by atoms with Gasteiger partial charge in [-0.05, 0) is 62.3 Å². The smallest absolute Gasteiger partial charge is 0.0967 e. The lowest BCUT2D eigenvalue weighted by atomic mass is 9.77. The molecule has 156 valence electrons. The first-order valence-electron chi connectivity index (χ1n) is 10.7. The number of ether oxygens (including phenoxy) is 1. The largest absolute Gasteiger partial charge is 0.396 e. The van der Waals surface area contributed by atoms with E-state index >= 15 is 0 Å². The Hall–Kier alpha value is -1.47. The van der Waals surface area contributed by atoms with E-state index in [1.54, 1.807) is 0 Å². The summed E-state index contributed by atoms with van der Waals surface area (Å²) in [5.74, 6) is 0. The zero-order valence-electron chi connectivity index (χ0n) is 17.0. The van der Waals surface area contributed by atoms with Gasteiger partial charge in [-0.3, -0.25) is 9.58 Å². The molecule has 1 spiro atoms. The quantitative estimate of drug-likeness (QED) is 0.811. The van der Waals surface area contributed by atoms with Gasteiger partial charge in [0.05, 0.1) is 31.1 Å². The third-order valence-electron chi connectivity index (χ3n) is 7.10. The normalized spacial score (nSPS) is 28.4. The molecule has 1 aromatic carbocycles. The SMILES string of the molecule is C[C@H]1C[C@@]2(CCN1Cc1cn(CC3(CO)CC3)nn1)OCCc1ccc(Cl)cc12. The number of benzene rings is 1. The van der Waals surface area contributed by atoms with Crippen LogP contribution in [0.5, 0.6) is 0 Å². The van der Waals surface area contributed by atoms with Crippen molar-refractivity contribution in [1.29, 1.82) is 0 Å². The predicted octanol–water partition coefficient (Wildman–Crippen LogP) is 3.16. The van der Waals surface area contributed by atoms with Gasteiger partial charge in [0.2, 0.25) is 0 Å². The number of likely N-dealkylation sites (tertiary alicyclic amines) is 1. The van der Waals surface area contributed by atoms with Gasteiger partial charge in [0.1, 0.15) is 0 Å². The molecule has 0 bridgehead atoms. The number of fused-ring (bicyclic) bond motifs is 2. The Kier molecular flexibility index (Phi) is 4.93. The lowest BCUT2D eigenvalue weighted by Gasteiger charge is -2.48. The minimum absolute atomic E-state index is 0.0444. The fraction of sp³-hybridized carbons (Fsp3) is 0.636. The Morgan fingerprint density at radius 1 is 1.31 bits per heavy atom. The average Bonchev–Trinajstić information content (AvgIpc) is 3.35. The van der Waals surface area contributed by atoms with Crippen LogP contribution in [0.15, 0.2) is 24.4 Å². The highest BCUT2D eigenvalue weighted by Crippen LogP contribution is 2.46. The zero-order valence-corrected chi connectivity index (χ0v) is 17.7. The summed E-state index contributed by atoms with van der Waals surface area (Å²) >= 11 is 6.32. The molecule has 0 unspecified atom stereocenters. The third kappa shape index (κ3) is 3.72. The fourth-order valence-electron chi connectivity index (χ4n) is 5.07. The number of hydrogen-bond acceptors (Lipinski definition) is 5. The van der Waals surface area contributed by atoms with Crippen LogP contribution in [0, 0.1) is 5.41 Å². The maximum atomic E-state index is 9.54. The monoisotopic (exact) mass is 416 g/mol. The predicted molar refractivity (Wildman–Crippen MR) is 111 cm³/mol. The molecule has 3 heterocycles. The van der Waals surface area contributed by atoms with Gasteiger partial charge in [-0.1, -0.05) is 22.9 Å². The standard InChI is InChI=1S/C22H29ClN4O2/c1-16-11-22(20-10-18(23)3-2-17(20)4-9-29-22)7-8-26(16)12-19-13-27(25-24-19)14-21(15-28)5-6-21/h2-3,10,13,16,28H,4-9,11-12,14-15H2,1H3/t16-,22+/m0/s1. The molecule has 1 aromatic heterocycles. The van der Waals surface area contributed by atoms with Gasteiger partial charge in [-0.25, -0.2) is 0 Å². The van der Waals surface area contributed by atoms with E-state index < -0.39 is 0 Å². The Morgan fingerprint density at radius 2 is 2.17 bits per heavy atom. The first-order valence-corrected chi connectivity index (χ1v) is 11.1. The van der Waals surface area contributed by atoms with Gasteiger partial charge in [-0.15, -0.1) is 5.10 Å². The number of piperidine rings is 1. The van der Waals surface area contributed by atoms with Crippen LogP contribution >= 0.6 is 11.6 Å². The van der Waals surface area contributed by atoms with E-state index in [0.717, 1.165) is 69.1 Å². The first kappa shape index (κ1) is 19.5. The van der Waals surface area contributed by atoms with Crippen molar-refractivity contribution in [2.24, 2.45) is 5.41 Å². The number of hydrogen-bond donors (Lipinski definition) is 1. The Bertz CT molecular complexity index is 897. The number of aliphatic hydroxyl groups excluding tert-OH is 1. The number of aromatic nitrogens is 3. The fourth-order valence-corrected chi connectivity index (χ4v) is 5.24. The molecule has 29 heavy (non-hydrogen) atoms. The second-order valence-electron chi connectivity index (χ2n) is 9.23. The molecule has 2 fully saturated rings. The molecule has 6 nitrogen and oxygen atoms in total. The Morgan fingerprint density at radius 3 is 2.93 bits per heavy atom. The van der Waals surface area contributed by atoms with Crippen molar-refractivity contribution in [1.82, 2.24) is 19.9 Å². The van der Waals surface area contributed by atoms with E-state index in [1.807, 2.05) is 16.9 Å². The van der Waals surface area contributed by atoms with Crippen molar-refractivity contribution < 1.29 is 9.84 Å². The summed E-state index contributed by atoms with van der Waals surface area (Å²) in [6, 6.07) is 6.64. The molecule has 1 saturated carbocycles. The Labute approximate surface area is 176 Å². The summed E-state index contributed by atoms with van der Waals surface area (Å²) in [7, 11) is 0. The molecule has 7 heteroatoms. The lowest BCUT2D eigenvalue weighted by Crippen LogP contribution is -2.50. The van der Waals surface area contributed by atoms with Gasteiger partial charge in [0.25, 0.3) is 0 Å². The highest BCUT2D eigenvalue weighted by Gasteiger charge is 2.44. The first-order chi connectivity index (χ1) is 14.0. The maximum absolute atomic E-state index is 9.54. The van der Waals surface area contributed by atoms with Gasteiger partial charge in [-0.2, -0.15) is 0 Å². The summed E-state index contributed by atoms with van der Waals surface area (Å²) in [4.78, 5) is 2.47. The number of aliphatic hydroxyl groups is 1. The van der Waals surface area contributed by atoms with Crippen LogP contribution in [0.2, 0.25) is 5.02 Å². The summed E-state index contributed by atoms with van der Waals surface area (Å²) in [5, 5.41) is 19.0. The molecule has 2 atom stereocenters. The van der Waals surface area contributed by atoms with Crippen LogP contribution in [0.25, 0.3) is 0 Å². The van der Waals surface area contributed by atoms with Gasteiger partial charge in [0, 0.05) is 35.8 Å². The van der Waals surface area contributed by atoms with Crippen molar-refractivity contribution in [3.63, 3.8) is 0 Å².